The molecule has 0 saturated carbocycles. The molecule has 6 rings (SSSR count). The minimum atomic E-state index is -1.25. The quantitative estimate of drug-likeness (QED) is 0.257. The highest BCUT2D eigenvalue weighted by molar-refractivity contribution is 6.00. The number of esters is 1. The van der Waals surface area contributed by atoms with Crippen LogP contribution in [0.25, 0.3) is 10.9 Å². The molecular weight excluding hydrogens is 716 g/mol. The summed E-state index contributed by atoms with van der Waals surface area (Å²) >= 11 is 0. The number of nitrogens with zero attached hydrogens (tertiary/aromatic N) is 4. The molecule has 13 nitrogen and oxygen atoms in total. The predicted octanol–water partition coefficient (Wildman–Crippen LogP) is 4.66. The monoisotopic (exact) mass is 774 g/mol. The molecule has 4 aliphatic rings. The number of para-hydroxylation sites is 1. The third-order valence-electron chi connectivity index (χ3n) is 12.5. The summed E-state index contributed by atoms with van der Waals surface area (Å²) in [5.74, 6) is 2.49. The molecule has 13 heteroatoms. The summed E-state index contributed by atoms with van der Waals surface area (Å²) in [6, 6.07) is 9.02. The molecule has 4 aliphatic heterocycles. The molecule has 0 spiro atoms. The average molecular weight is 775 g/mol. The van der Waals surface area contributed by atoms with Crippen LogP contribution in [0.15, 0.2) is 41.5 Å². The second-order valence-corrected chi connectivity index (χ2v) is 16.8. The largest absolute Gasteiger partial charge is 0.458 e. The third-order valence-corrected chi connectivity index (χ3v) is 12.5. The molecule has 0 aliphatic carbocycles. The zero-order valence-corrected chi connectivity index (χ0v) is 34.4. The van der Waals surface area contributed by atoms with Crippen molar-refractivity contribution in [2.24, 2.45) is 28.7 Å². The van der Waals surface area contributed by atoms with Gasteiger partial charge >= 0.3 is 12.1 Å². The zero-order chi connectivity index (χ0) is 40.7. The van der Waals surface area contributed by atoms with Gasteiger partial charge in [-0.05, 0) is 79.6 Å². The molecule has 304 valence electrons. The summed E-state index contributed by atoms with van der Waals surface area (Å²) in [6.07, 6.45) is -2.16. The molecule has 1 aromatic heterocycles. The van der Waals surface area contributed by atoms with Crippen molar-refractivity contribution >= 4 is 34.5 Å². The number of cyclic esters (lactones) is 1. The second-order valence-electron chi connectivity index (χ2n) is 16.8. The number of rotatable bonds is 5. The predicted molar refractivity (Wildman–Crippen MR) is 210 cm³/mol. The first-order chi connectivity index (χ1) is 26.4. The van der Waals surface area contributed by atoms with Crippen LogP contribution in [-0.4, -0.2) is 131 Å². The first-order valence-electron chi connectivity index (χ1n) is 19.9. The summed E-state index contributed by atoms with van der Waals surface area (Å²) in [7, 11) is 3.79. The summed E-state index contributed by atoms with van der Waals surface area (Å²) in [4.78, 5) is 54.9. The van der Waals surface area contributed by atoms with Crippen LogP contribution >= 0.6 is 0 Å². The number of carbonyl (C=O) groups is 3. The number of pyridine rings is 1. The van der Waals surface area contributed by atoms with Crippen LogP contribution in [0.2, 0.25) is 0 Å². The van der Waals surface area contributed by atoms with E-state index >= 15 is 0 Å². The van der Waals surface area contributed by atoms with Crippen molar-refractivity contribution in [3.8, 4) is 11.8 Å². The van der Waals surface area contributed by atoms with Crippen LogP contribution in [-0.2, 0) is 33.3 Å². The van der Waals surface area contributed by atoms with Crippen molar-refractivity contribution in [2.45, 2.75) is 122 Å². The summed E-state index contributed by atoms with van der Waals surface area (Å²) in [5, 5.41) is 12.6. The Morgan fingerprint density at radius 2 is 1.79 bits per heavy atom. The Labute approximate surface area is 330 Å². The van der Waals surface area contributed by atoms with Crippen LogP contribution < -0.4 is 0 Å². The van der Waals surface area contributed by atoms with E-state index in [-0.39, 0.29) is 30.6 Å². The number of hydrogen-bond acceptors (Lipinski definition) is 12. The van der Waals surface area contributed by atoms with Crippen molar-refractivity contribution in [3.63, 3.8) is 0 Å². The van der Waals surface area contributed by atoms with E-state index in [2.05, 4.69) is 23.7 Å². The van der Waals surface area contributed by atoms with Crippen molar-refractivity contribution < 1.29 is 43.2 Å². The van der Waals surface area contributed by atoms with Crippen molar-refractivity contribution in [3.05, 3.63) is 42.1 Å². The maximum Gasteiger partial charge on any atom is 0.410 e. The number of hydrogen-bond donors (Lipinski definition) is 1. The number of aliphatic hydroxyl groups excluding tert-OH is 1. The highest BCUT2D eigenvalue weighted by atomic mass is 16.7. The van der Waals surface area contributed by atoms with Crippen LogP contribution in [0, 0.1) is 35.5 Å². The van der Waals surface area contributed by atoms with Gasteiger partial charge in [0.15, 0.2) is 17.7 Å². The lowest BCUT2D eigenvalue weighted by Crippen LogP contribution is -2.60. The molecule has 1 aromatic carbocycles. The summed E-state index contributed by atoms with van der Waals surface area (Å²) < 4.78 is 31.9. The number of fused-ring (bicyclic) bond motifs is 2. The fourth-order valence-corrected chi connectivity index (χ4v) is 9.34. The third kappa shape index (κ3) is 8.09. The normalized spacial score (nSPS) is 38.2. The molecule has 1 unspecified atom stereocenters. The number of likely N-dealkylation sites (N-methyl/N-ethyl adjacent to an activating group) is 1. The van der Waals surface area contributed by atoms with Gasteiger partial charge in [0.25, 0.3) is 0 Å². The van der Waals surface area contributed by atoms with Gasteiger partial charge in [-0.1, -0.05) is 50.8 Å². The minimum Gasteiger partial charge on any atom is -0.458 e. The Hall–Kier alpha value is -3.93. The smallest absolute Gasteiger partial charge is 0.410 e. The number of Topliss-reactive ketones (excluding diaryl/α,β-unsaturated/α-hetero) is 1. The van der Waals surface area contributed by atoms with Gasteiger partial charge in [0, 0.05) is 47.3 Å². The Balaban J connectivity index is 1.42. The fourth-order valence-electron chi connectivity index (χ4n) is 9.34. The number of aliphatic imine (C=N–C) groups is 1. The van der Waals surface area contributed by atoms with Crippen LogP contribution in [0.3, 0.4) is 0 Å². The maximum absolute atomic E-state index is 14.5. The number of aliphatic hydroxyl groups is 1. The van der Waals surface area contributed by atoms with E-state index in [0.717, 1.165) is 22.2 Å². The van der Waals surface area contributed by atoms with Gasteiger partial charge in [0.2, 0.25) is 0 Å². The molecule has 2 aromatic rings. The number of aromatic nitrogens is 1. The maximum atomic E-state index is 14.5. The summed E-state index contributed by atoms with van der Waals surface area (Å²) in [6.45, 7) is 15.3. The topological polar surface area (TPSA) is 149 Å². The second kappa shape index (κ2) is 16.5. The lowest BCUT2D eigenvalue weighted by Gasteiger charge is -2.47. The number of amides is 1. The van der Waals surface area contributed by atoms with E-state index in [1.54, 1.807) is 31.9 Å². The van der Waals surface area contributed by atoms with Gasteiger partial charge in [0.1, 0.15) is 24.7 Å². The zero-order valence-electron chi connectivity index (χ0n) is 34.4. The highest BCUT2D eigenvalue weighted by Gasteiger charge is 2.60. The van der Waals surface area contributed by atoms with Crippen LogP contribution in [0.4, 0.5) is 4.79 Å². The Kier molecular flexibility index (Phi) is 12.3. The molecule has 3 saturated heterocycles. The van der Waals surface area contributed by atoms with Crippen molar-refractivity contribution in [1.82, 2.24) is 14.8 Å². The number of benzene rings is 1. The van der Waals surface area contributed by atoms with Gasteiger partial charge in [-0.15, -0.1) is 0 Å². The van der Waals surface area contributed by atoms with Crippen molar-refractivity contribution in [2.75, 3.05) is 33.8 Å². The molecule has 0 radical (unpaired) electrons. The van der Waals surface area contributed by atoms with Gasteiger partial charge in [-0.3, -0.25) is 24.5 Å². The van der Waals surface area contributed by atoms with E-state index in [1.165, 1.54) is 6.92 Å². The lowest BCUT2D eigenvalue weighted by molar-refractivity contribution is -0.296. The van der Waals surface area contributed by atoms with E-state index < -0.39 is 71.5 Å². The Bertz CT molecular complexity index is 1890. The van der Waals surface area contributed by atoms with Crippen LogP contribution in [0.1, 0.15) is 73.8 Å². The molecule has 1 N–H and O–H groups in total. The first-order valence-corrected chi connectivity index (χ1v) is 19.9. The number of ketones is 1. The van der Waals surface area contributed by atoms with Gasteiger partial charge in [0.05, 0.1) is 35.9 Å². The molecule has 2 bridgehead atoms. The molecule has 56 heavy (non-hydrogen) atoms. The number of ether oxygens (including phenoxy) is 5. The van der Waals surface area contributed by atoms with E-state index in [9.17, 15) is 19.5 Å². The highest BCUT2D eigenvalue weighted by Crippen LogP contribution is 2.43. The molecular formula is C43H58N4O9. The van der Waals surface area contributed by atoms with E-state index in [0.29, 0.717) is 25.9 Å². The Morgan fingerprint density at radius 3 is 2.52 bits per heavy atom. The summed E-state index contributed by atoms with van der Waals surface area (Å²) in [5.41, 5.74) is -0.0143. The van der Waals surface area contributed by atoms with E-state index in [4.69, 9.17) is 28.7 Å². The average Bonchev–Trinajstić information content (AvgIpc) is 3.29. The SMILES string of the molecule is C[C@H]1C(=O)O[C@H](C)[C@@]2(C)OC(=O)N3CCN=C([C@H](C)C[C@](C)(OCC#Cc4cnc5ccccc5c4)[C@H](O[C@H]4O[C@@H](C)C[C@@H](N(C)C)C4O)[C@@H](C)C1=O)[C@H](C)[C@@H]32. The minimum absolute atomic E-state index is 0.0322. The van der Waals surface area contributed by atoms with Gasteiger partial charge < -0.3 is 33.7 Å². The fraction of sp³-hybridized carbons (Fsp3) is 0.651. The van der Waals surface area contributed by atoms with Gasteiger partial charge in [-0.2, -0.15) is 0 Å². The number of carbonyl (C=O) groups excluding carboxylic acids is 3. The molecule has 1 amide bonds. The van der Waals surface area contributed by atoms with E-state index in [1.807, 2.05) is 70.1 Å². The van der Waals surface area contributed by atoms with Crippen molar-refractivity contribution in [1.29, 1.82) is 0 Å². The molecule has 5 heterocycles. The lowest BCUT2D eigenvalue weighted by atomic mass is 9.73. The molecule has 3 fully saturated rings. The van der Waals surface area contributed by atoms with Gasteiger partial charge in [-0.25, -0.2) is 4.79 Å². The standard InChI is InChI=1S/C43H58N4O9/c1-24-22-42(7,52-19-13-14-30-21-31-15-11-12-16-32(31)45-23-30)38(55-40-36(49)33(46(9)10)20-25(2)53-40)27(4)35(48)28(5)39(50)54-29(6)43(8)37-26(3)34(24)44-17-18-47(37)41(51)56-43/h11-12,15-16,21,23-29,33,36-38,40,49H,17-20,22H2,1-10H3/t24-,25+,26+,27+,28-,29-,33-,36?,37-,38-,40-,42+,43-/m1/s1. The molecule has 13 atom stereocenters. The van der Waals surface area contributed by atoms with Crippen LogP contribution in [0.5, 0.6) is 0 Å². The Morgan fingerprint density at radius 1 is 1.05 bits per heavy atom. The first kappa shape index (κ1) is 41.7.